The average molecular weight is 362 g/mol. The van der Waals surface area contributed by atoms with Gasteiger partial charge in [-0.2, -0.15) is 0 Å². The molecule has 0 aliphatic rings. The van der Waals surface area contributed by atoms with E-state index in [2.05, 4.69) is 21.2 Å². The van der Waals surface area contributed by atoms with Gasteiger partial charge in [0.15, 0.2) is 0 Å². The molecule has 2 rings (SSSR count). The van der Waals surface area contributed by atoms with Crippen molar-refractivity contribution in [2.24, 2.45) is 0 Å². The van der Waals surface area contributed by atoms with Gasteiger partial charge in [0.25, 0.3) is 0 Å². The minimum Gasteiger partial charge on any atom is -0.496 e. The smallest absolute Gasteiger partial charge is 0.248 e. The summed E-state index contributed by atoms with van der Waals surface area (Å²) in [6, 6.07) is 12.6. The largest absolute Gasteiger partial charge is 0.496 e. The van der Waals surface area contributed by atoms with Gasteiger partial charge in [-0.1, -0.05) is 28.1 Å². The molecule has 0 atom stereocenters. The van der Waals surface area contributed by atoms with Crippen LogP contribution in [0.1, 0.15) is 11.1 Å². The number of anilines is 1. The first-order valence-electron chi connectivity index (χ1n) is 6.65. The summed E-state index contributed by atoms with van der Waals surface area (Å²) < 4.78 is 6.16. The number of amides is 1. The number of nitrogens with one attached hydrogen (secondary N) is 1. The summed E-state index contributed by atoms with van der Waals surface area (Å²) in [4.78, 5) is 12.0. The molecule has 4 nitrogen and oxygen atoms in total. The third-order valence-corrected chi connectivity index (χ3v) is 3.48. The molecule has 2 aromatic carbocycles. The number of benzene rings is 2. The van der Waals surface area contributed by atoms with E-state index in [4.69, 9.17) is 9.84 Å². The van der Waals surface area contributed by atoms with Crippen molar-refractivity contribution in [3.63, 3.8) is 0 Å². The van der Waals surface area contributed by atoms with Gasteiger partial charge in [0.1, 0.15) is 5.75 Å². The molecule has 0 radical (unpaired) electrons. The Bertz CT molecular complexity index is 698. The quantitative estimate of drug-likeness (QED) is 0.799. The zero-order valence-electron chi connectivity index (χ0n) is 12.0. The number of halogens is 1. The van der Waals surface area contributed by atoms with E-state index in [1.54, 1.807) is 37.5 Å². The van der Waals surface area contributed by atoms with Gasteiger partial charge >= 0.3 is 0 Å². The second-order valence-corrected chi connectivity index (χ2v) is 5.48. The predicted octanol–water partition coefficient (Wildman–Crippen LogP) is 3.60. The highest BCUT2D eigenvalue weighted by molar-refractivity contribution is 9.10. The molecular weight excluding hydrogens is 346 g/mol. The van der Waals surface area contributed by atoms with Gasteiger partial charge in [-0.25, -0.2) is 0 Å². The molecule has 0 aliphatic heterocycles. The maximum atomic E-state index is 12.0. The van der Waals surface area contributed by atoms with E-state index in [1.165, 1.54) is 6.08 Å². The maximum absolute atomic E-state index is 12.0. The van der Waals surface area contributed by atoms with Crippen molar-refractivity contribution >= 4 is 33.6 Å². The lowest BCUT2D eigenvalue weighted by Gasteiger charge is -2.06. The molecule has 1 amide bonds. The molecule has 5 heteroatoms. The van der Waals surface area contributed by atoms with Gasteiger partial charge in [0, 0.05) is 21.8 Å². The lowest BCUT2D eigenvalue weighted by Crippen LogP contribution is -2.07. The highest BCUT2D eigenvalue weighted by Crippen LogP contribution is 2.24. The van der Waals surface area contributed by atoms with Gasteiger partial charge in [0.2, 0.25) is 5.91 Å². The van der Waals surface area contributed by atoms with Gasteiger partial charge in [-0.3, -0.25) is 4.79 Å². The first-order chi connectivity index (χ1) is 10.6. The minimum atomic E-state index is -0.253. The summed E-state index contributed by atoms with van der Waals surface area (Å²) in [6.45, 7) is -0.0607. The highest BCUT2D eigenvalue weighted by atomic mass is 79.9. The van der Waals surface area contributed by atoms with E-state index in [0.29, 0.717) is 11.4 Å². The van der Waals surface area contributed by atoms with Crippen molar-refractivity contribution < 1.29 is 14.6 Å². The third-order valence-electron chi connectivity index (χ3n) is 2.98. The summed E-state index contributed by atoms with van der Waals surface area (Å²) in [5.41, 5.74) is 2.19. The highest BCUT2D eigenvalue weighted by Gasteiger charge is 2.02. The first kappa shape index (κ1) is 16.3. The van der Waals surface area contributed by atoms with Crippen molar-refractivity contribution in [1.82, 2.24) is 0 Å². The second-order valence-electron chi connectivity index (χ2n) is 4.57. The number of methoxy groups -OCH3 is 1. The second kappa shape index (κ2) is 7.77. The van der Waals surface area contributed by atoms with Crippen LogP contribution in [0.3, 0.4) is 0 Å². The molecule has 22 heavy (non-hydrogen) atoms. The Hall–Kier alpha value is -2.11. The normalized spacial score (nSPS) is 10.7. The van der Waals surface area contributed by atoms with Crippen LogP contribution in [0, 0.1) is 0 Å². The number of rotatable bonds is 5. The van der Waals surface area contributed by atoms with E-state index in [0.717, 1.165) is 15.6 Å². The molecule has 0 spiro atoms. The van der Waals surface area contributed by atoms with Crippen molar-refractivity contribution in [1.29, 1.82) is 0 Å². The fourth-order valence-electron chi connectivity index (χ4n) is 1.93. The lowest BCUT2D eigenvalue weighted by molar-refractivity contribution is -0.111. The monoisotopic (exact) mass is 361 g/mol. The van der Waals surface area contributed by atoms with Gasteiger partial charge < -0.3 is 15.2 Å². The molecule has 2 aromatic rings. The standard InChI is InChI=1S/C17H16BrNO3/c1-22-16-7-6-14(18)10-13(16)5-8-17(21)19-15-4-2-3-12(9-15)11-20/h2-10,20H,11H2,1H3,(H,19,21)/b8-5+. The number of aliphatic hydroxyl groups excluding tert-OH is 1. The van der Waals surface area contributed by atoms with Crippen LogP contribution in [0.2, 0.25) is 0 Å². The fraction of sp³-hybridized carbons (Fsp3) is 0.118. The van der Waals surface area contributed by atoms with Crippen LogP contribution in [0.4, 0.5) is 5.69 Å². The van der Waals surface area contributed by atoms with Gasteiger partial charge in [-0.05, 0) is 42.0 Å². The van der Waals surface area contributed by atoms with Gasteiger partial charge in [-0.15, -0.1) is 0 Å². The number of carbonyl (C=O) groups is 1. The molecule has 0 fully saturated rings. The van der Waals surface area contributed by atoms with Crippen molar-refractivity contribution in [2.75, 3.05) is 12.4 Å². The van der Waals surface area contributed by atoms with Crippen LogP contribution in [0.25, 0.3) is 6.08 Å². The molecule has 0 heterocycles. The van der Waals surface area contributed by atoms with Crippen molar-refractivity contribution in [3.05, 3.63) is 64.1 Å². The topological polar surface area (TPSA) is 58.6 Å². The first-order valence-corrected chi connectivity index (χ1v) is 7.44. The Labute approximate surface area is 137 Å². The molecule has 0 aliphatic carbocycles. The van der Waals surface area contributed by atoms with Crippen LogP contribution >= 0.6 is 15.9 Å². The fourth-order valence-corrected chi connectivity index (χ4v) is 2.31. The van der Waals surface area contributed by atoms with E-state index in [-0.39, 0.29) is 12.5 Å². The number of ether oxygens (including phenoxy) is 1. The van der Waals surface area contributed by atoms with Crippen LogP contribution in [-0.2, 0) is 11.4 Å². The molecule has 0 bridgehead atoms. The minimum absolute atomic E-state index is 0.0607. The zero-order chi connectivity index (χ0) is 15.9. The number of carbonyl (C=O) groups excluding carboxylic acids is 1. The van der Waals surface area contributed by atoms with Gasteiger partial charge in [0.05, 0.1) is 13.7 Å². The van der Waals surface area contributed by atoms with E-state index in [1.807, 2.05) is 18.2 Å². The molecule has 2 N–H and O–H groups in total. The van der Waals surface area contributed by atoms with E-state index >= 15 is 0 Å². The van der Waals surface area contributed by atoms with Crippen LogP contribution in [0.15, 0.2) is 53.0 Å². The molecule has 114 valence electrons. The summed E-state index contributed by atoms with van der Waals surface area (Å²) in [5, 5.41) is 11.8. The Morgan fingerprint density at radius 3 is 2.86 bits per heavy atom. The Balaban J connectivity index is 2.09. The molecule has 0 aromatic heterocycles. The maximum Gasteiger partial charge on any atom is 0.248 e. The number of hydrogen-bond acceptors (Lipinski definition) is 3. The van der Waals surface area contributed by atoms with E-state index in [9.17, 15) is 4.79 Å². The SMILES string of the molecule is COc1ccc(Br)cc1/C=C/C(=O)Nc1cccc(CO)c1. The van der Waals surface area contributed by atoms with Crippen molar-refractivity contribution in [3.8, 4) is 5.75 Å². The predicted molar refractivity (Wildman–Crippen MR) is 90.7 cm³/mol. The third kappa shape index (κ3) is 4.44. The average Bonchev–Trinajstić information content (AvgIpc) is 2.53. The molecule has 0 saturated heterocycles. The zero-order valence-corrected chi connectivity index (χ0v) is 13.6. The van der Waals surface area contributed by atoms with Crippen LogP contribution in [0.5, 0.6) is 5.75 Å². The van der Waals surface area contributed by atoms with Crippen LogP contribution in [-0.4, -0.2) is 18.1 Å². The molecule has 0 unspecified atom stereocenters. The summed E-state index contributed by atoms with van der Waals surface area (Å²) in [6.07, 6.45) is 3.13. The molecular formula is C17H16BrNO3. The number of aliphatic hydroxyl groups is 1. The summed E-state index contributed by atoms with van der Waals surface area (Å²) in [7, 11) is 1.58. The lowest BCUT2D eigenvalue weighted by atomic mass is 10.2. The number of hydrogen-bond donors (Lipinski definition) is 2. The molecule has 0 saturated carbocycles. The van der Waals surface area contributed by atoms with Crippen LogP contribution < -0.4 is 10.1 Å². The Morgan fingerprint density at radius 1 is 1.32 bits per heavy atom. The Kier molecular flexibility index (Phi) is 5.75. The summed E-state index contributed by atoms with van der Waals surface area (Å²) >= 11 is 3.39. The van der Waals surface area contributed by atoms with Crippen molar-refractivity contribution in [2.45, 2.75) is 6.61 Å². The summed E-state index contributed by atoms with van der Waals surface area (Å²) in [5.74, 6) is 0.437. The Morgan fingerprint density at radius 2 is 2.14 bits per heavy atom. The van der Waals surface area contributed by atoms with E-state index < -0.39 is 0 Å².